The average molecular weight is 283 g/mol. The van der Waals surface area contributed by atoms with Gasteiger partial charge in [-0.15, -0.1) is 0 Å². The van der Waals surface area contributed by atoms with E-state index in [0.717, 1.165) is 5.56 Å². The zero-order valence-electron chi connectivity index (χ0n) is 12.0. The van der Waals surface area contributed by atoms with Crippen LogP contribution in [0.5, 0.6) is 11.5 Å². The second kappa shape index (κ2) is 6.13. The summed E-state index contributed by atoms with van der Waals surface area (Å²) in [5, 5.41) is 12.3. The van der Waals surface area contributed by atoms with Crippen molar-refractivity contribution in [3.05, 3.63) is 60.2 Å². The maximum atomic E-state index is 12.2. The number of hydrogen-bond acceptors (Lipinski definition) is 3. The van der Waals surface area contributed by atoms with Gasteiger partial charge in [0.2, 0.25) is 0 Å². The third-order valence-electron chi connectivity index (χ3n) is 3.11. The molecule has 1 amide bonds. The molecule has 2 aromatic rings. The molecule has 4 nitrogen and oxygen atoms in total. The van der Waals surface area contributed by atoms with E-state index in [1.54, 1.807) is 12.1 Å². The fourth-order valence-corrected chi connectivity index (χ4v) is 1.84. The molecule has 0 radical (unpaired) electrons. The molecule has 0 saturated heterocycles. The summed E-state index contributed by atoms with van der Waals surface area (Å²) in [5.41, 5.74) is 2.72. The molecule has 4 heteroatoms. The minimum atomic E-state index is -0.299. The van der Waals surface area contributed by atoms with E-state index in [4.69, 9.17) is 4.74 Å². The summed E-state index contributed by atoms with van der Waals surface area (Å²) in [4.78, 5) is 12.2. The Balaban J connectivity index is 2.15. The lowest BCUT2D eigenvalue weighted by Crippen LogP contribution is -2.12. The third-order valence-corrected chi connectivity index (χ3v) is 3.11. The Morgan fingerprint density at radius 2 is 1.86 bits per heavy atom. The molecule has 0 fully saturated rings. The number of benzene rings is 2. The summed E-state index contributed by atoms with van der Waals surface area (Å²) >= 11 is 0. The topological polar surface area (TPSA) is 58.6 Å². The molecule has 0 unspecified atom stereocenters. The molecule has 0 aromatic heterocycles. The van der Waals surface area contributed by atoms with Crippen LogP contribution in [0.4, 0.5) is 5.69 Å². The largest absolute Gasteiger partial charge is 0.504 e. The third kappa shape index (κ3) is 3.42. The molecule has 0 atom stereocenters. The Labute approximate surface area is 123 Å². The predicted molar refractivity (Wildman–Crippen MR) is 83.5 cm³/mol. The van der Waals surface area contributed by atoms with Crippen molar-refractivity contribution < 1.29 is 14.6 Å². The first-order valence-electron chi connectivity index (χ1n) is 6.45. The highest BCUT2D eigenvalue weighted by Gasteiger charge is 2.12. The summed E-state index contributed by atoms with van der Waals surface area (Å²) in [6.07, 6.45) is 0. The number of hydrogen-bond donors (Lipinski definition) is 2. The first-order valence-corrected chi connectivity index (χ1v) is 6.45. The number of aryl methyl sites for hydroxylation is 1. The van der Waals surface area contributed by atoms with E-state index in [-0.39, 0.29) is 11.7 Å². The molecular weight excluding hydrogens is 266 g/mol. The van der Waals surface area contributed by atoms with Crippen LogP contribution < -0.4 is 10.1 Å². The van der Waals surface area contributed by atoms with E-state index in [2.05, 4.69) is 11.9 Å². The Morgan fingerprint density at radius 3 is 2.48 bits per heavy atom. The molecule has 21 heavy (non-hydrogen) atoms. The van der Waals surface area contributed by atoms with Gasteiger partial charge in [0, 0.05) is 11.3 Å². The first kappa shape index (κ1) is 14.7. The average Bonchev–Trinajstić information content (AvgIpc) is 2.49. The maximum absolute atomic E-state index is 12.2. The lowest BCUT2D eigenvalue weighted by Gasteiger charge is -2.10. The van der Waals surface area contributed by atoms with Gasteiger partial charge in [0.05, 0.1) is 7.11 Å². The minimum absolute atomic E-state index is 0.0213. The van der Waals surface area contributed by atoms with E-state index in [1.165, 1.54) is 13.2 Å². The quantitative estimate of drug-likeness (QED) is 0.846. The van der Waals surface area contributed by atoms with Gasteiger partial charge >= 0.3 is 0 Å². The van der Waals surface area contributed by atoms with E-state index in [9.17, 15) is 9.90 Å². The van der Waals surface area contributed by atoms with Crippen LogP contribution in [-0.2, 0) is 4.79 Å². The van der Waals surface area contributed by atoms with Gasteiger partial charge in [0.1, 0.15) is 0 Å². The van der Waals surface area contributed by atoms with E-state index < -0.39 is 0 Å². The lowest BCUT2D eigenvalue weighted by atomic mass is 10.1. The molecule has 108 valence electrons. The van der Waals surface area contributed by atoms with Crippen LogP contribution in [0.2, 0.25) is 0 Å². The minimum Gasteiger partial charge on any atom is -0.504 e. The number of carbonyl (C=O) groups is 1. The zero-order chi connectivity index (χ0) is 15.4. The van der Waals surface area contributed by atoms with Crippen LogP contribution in [0.15, 0.2) is 49.0 Å². The lowest BCUT2D eigenvalue weighted by molar-refractivity contribution is -0.111. The molecule has 0 aliphatic carbocycles. The highest BCUT2D eigenvalue weighted by molar-refractivity contribution is 6.24. The number of nitrogens with one attached hydrogen (secondary N) is 1. The van der Waals surface area contributed by atoms with Crippen LogP contribution in [0, 0.1) is 6.92 Å². The molecule has 2 rings (SSSR count). The van der Waals surface area contributed by atoms with Gasteiger partial charge in [-0.25, -0.2) is 0 Å². The van der Waals surface area contributed by atoms with Crippen molar-refractivity contribution in [2.75, 3.05) is 12.4 Å². The molecule has 2 aromatic carbocycles. The number of methoxy groups -OCH3 is 1. The number of amides is 1. The smallest absolute Gasteiger partial charge is 0.255 e. The number of carbonyl (C=O) groups excluding carboxylic acids is 1. The van der Waals surface area contributed by atoms with Crippen molar-refractivity contribution in [3.63, 3.8) is 0 Å². The van der Waals surface area contributed by atoms with Gasteiger partial charge in [-0.1, -0.05) is 30.3 Å². The number of rotatable bonds is 4. The van der Waals surface area contributed by atoms with Gasteiger partial charge in [-0.05, 0) is 36.8 Å². The summed E-state index contributed by atoms with van der Waals surface area (Å²) in [6.45, 7) is 5.77. The summed E-state index contributed by atoms with van der Waals surface area (Å²) < 4.78 is 5.02. The molecule has 0 aliphatic heterocycles. The highest BCUT2D eigenvalue weighted by atomic mass is 16.5. The number of anilines is 1. The predicted octanol–water partition coefficient (Wildman–Crippen LogP) is 3.36. The Hall–Kier alpha value is -2.75. The summed E-state index contributed by atoms with van der Waals surface area (Å²) in [5.74, 6) is 0.0244. The fraction of sp³-hybridized carbons (Fsp3) is 0.118. The van der Waals surface area contributed by atoms with Crippen molar-refractivity contribution >= 4 is 17.2 Å². The van der Waals surface area contributed by atoms with Crippen molar-refractivity contribution in [3.8, 4) is 11.5 Å². The molecular formula is C17H17NO3. The second-order valence-corrected chi connectivity index (χ2v) is 4.69. The van der Waals surface area contributed by atoms with Crippen molar-refractivity contribution in [1.82, 2.24) is 0 Å². The van der Waals surface area contributed by atoms with Crippen LogP contribution in [0.25, 0.3) is 5.57 Å². The van der Waals surface area contributed by atoms with Crippen molar-refractivity contribution in [2.45, 2.75) is 6.92 Å². The number of phenolic OH excluding ortho intramolecular Hbond substituents is 1. The fourth-order valence-electron chi connectivity index (χ4n) is 1.84. The molecule has 0 saturated carbocycles. The van der Waals surface area contributed by atoms with Gasteiger partial charge in [0.25, 0.3) is 5.91 Å². The SMILES string of the molecule is C=C(C(=O)Nc1ccc(C)cc1)c1ccc(O)c(OC)c1. The van der Waals surface area contributed by atoms with Gasteiger partial charge in [0.15, 0.2) is 11.5 Å². The van der Waals surface area contributed by atoms with Crippen molar-refractivity contribution in [2.24, 2.45) is 0 Å². The van der Waals surface area contributed by atoms with Crippen LogP contribution in [-0.4, -0.2) is 18.1 Å². The Bertz CT molecular complexity index is 675. The van der Waals surface area contributed by atoms with E-state index >= 15 is 0 Å². The highest BCUT2D eigenvalue weighted by Crippen LogP contribution is 2.29. The standard InChI is InChI=1S/C17H17NO3/c1-11-4-7-14(8-5-11)18-17(20)12(2)13-6-9-15(19)16(10-13)21-3/h4-10,19H,2H2,1,3H3,(H,18,20). The van der Waals surface area contributed by atoms with E-state index in [1.807, 2.05) is 31.2 Å². The number of phenols is 1. The Morgan fingerprint density at radius 1 is 1.19 bits per heavy atom. The number of aromatic hydroxyl groups is 1. The normalized spacial score (nSPS) is 10.0. The molecule has 0 spiro atoms. The molecule has 0 aliphatic rings. The summed E-state index contributed by atoms with van der Waals surface area (Å²) in [6, 6.07) is 12.2. The maximum Gasteiger partial charge on any atom is 0.255 e. The molecule has 2 N–H and O–H groups in total. The van der Waals surface area contributed by atoms with Crippen LogP contribution in [0.3, 0.4) is 0 Å². The van der Waals surface area contributed by atoms with Crippen LogP contribution in [0.1, 0.15) is 11.1 Å². The summed E-state index contributed by atoms with van der Waals surface area (Å²) in [7, 11) is 1.45. The Kier molecular flexibility index (Phi) is 4.28. The van der Waals surface area contributed by atoms with Gasteiger partial charge in [-0.2, -0.15) is 0 Å². The van der Waals surface area contributed by atoms with Gasteiger partial charge < -0.3 is 15.2 Å². The zero-order valence-corrected chi connectivity index (χ0v) is 12.0. The van der Waals surface area contributed by atoms with Gasteiger partial charge in [-0.3, -0.25) is 4.79 Å². The van der Waals surface area contributed by atoms with Crippen LogP contribution >= 0.6 is 0 Å². The molecule has 0 bridgehead atoms. The number of ether oxygens (including phenoxy) is 1. The second-order valence-electron chi connectivity index (χ2n) is 4.69. The monoisotopic (exact) mass is 283 g/mol. The molecule has 0 heterocycles. The first-order chi connectivity index (χ1) is 10.0. The van der Waals surface area contributed by atoms with Crippen molar-refractivity contribution in [1.29, 1.82) is 0 Å². The van der Waals surface area contributed by atoms with E-state index in [0.29, 0.717) is 22.6 Å².